The summed E-state index contributed by atoms with van der Waals surface area (Å²) in [4.78, 5) is 40.4. The van der Waals surface area contributed by atoms with Gasteiger partial charge in [0.25, 0.3) is 11.5 Å². The molecule has 0 atom stereocenters. The van der Waals surface area contributed by atoms with Crippen molar-refractivity contribution in [3.63, 3.8) is 0 Å². The molecule has 1 aromatic carbocycles. The van der Waals surface area contributed by atoms with Crippen LogP contribution in [0.1, 0.15) is 80.4 Å². The lowest BCUT2D eigenvalue weighted by Gasteiger charge is -2.48. The monoisotopic (exact) mass is 637 g/mol. The Morgan fingerprint density at radius 3 is 2.55 bits per heavy atom. The Morgan fingerprint density at radius 2 is 1.82 bits per heavy atom. The largest absolute Gasteiger partial charge is 0.493 e. The van der Waals surface area contributed by atoms with Crippen LogP contribution in [0, 0.1) is 10.8 Å². The maximum absolute atomic E-state index is 13.2. The fraction of sp³-hybridized carbons (Fsp3) is 0.562. The van der Waals surface area contributed by atoms with Gasteiger partial charge in [0.1, 0.15) is 16.7 Å². The average Bonchev–Trinajstić information content (AvgIpc) is 3.74. The quantitative estimate of drug-likeness (QED) is 0.420. The van der Waals surface area contributed by atoms with Gasteiger partial charge in [0.15, 0.2) is 11.4 Å². The molecular formula is C32H40ClN7O3S. The minimum atomic E-state index is -0.753. The van der Waals surface area contributed by atoms with Gasteiger partial charge in [-0.1, -0.05) is 35.9 Å². The molecule has 5 aliphatic rings. The zero-order chi connectivity index (χ0) is 30.6. The van der Waals surface area contributed by atoms with Crippen LogP contribution in [0.4, 0.5) is 5.69 Å². The molecule has 0 unspecified atom stereocenters. The summed E-state index contributed by atoms with van der Waals surface area (Å²) in [7, 11) is 2.01. The highest BCUT2D eigenvalue weighted by atomic mass is 35.5. The molecule has 2 spiro atoms. The molecule has 234 valence electrons. The smallest absolute Gasteiger partial charge is 0.270 e. The number of fused-ring (bicyclic) bond motifs is 1. The summed E-state index contributed by atoms with van der Waals surface area (Å²) >= 11 is 8.16. The van der Waals surface area contributed by atoms with E-state index in [1.54, 1.807) is 12.1 Å². The van der Waals surface area contributed by atoms with E-state index in [2.05, 4.69) is 20.1 Å². The third-order valence-electron chi connectivity index (χ3n) is 10.4. The van der Waals surface area contributed by atoms with E-state index in [9.17, 15) is 14.7 Å². The van der Waals surface area contributed by atoms with E-state index in [4.69, 9.17) is 22.3 Å². The number of aliphatic imine (C=N–C) groups is 1. The molecule has 1 saturated heterocycles. The third kappa shape index (κ3) is 5.46. The van der Waals surface area contributed by atoms with Gasteiger partial charge >= 0.3 is 0 Å². The zero-order valence-corrected chi connectivity index (χ0v) is 26.8. The Bertz CT molecular complexity index is 1620. The van der Waals surface area contributed by atoms with Gasteiger partial charge in [0, 0.05) is 38.0 Å². The molecule has 4 N–H and O–H groups in total. The molecule has 2 saturated carbocycles. The number of aryl methyl sites for hydroxylation is 1. The zero-order valence-electron chi connectivity index (χ0n) is 25.2. The molecule has 4 heterocycles. The van der Waals surface area contributed by atoms with Crippen LogP contribution in [-0.2, 0) is 13.0 Å². The van der Waals surface area contributed by atoms with Gasteiger partial charge in [-0.2, -0.15) is 4.98 Å². The average molecular weight is 638 g/mol. The number of amidine groups is 1. The molecule has 10 nitrogen and oxygen atoms in total. The van der Waals surface area contributed by atoms with E-state index in [0.29, 0.717) is 57.6 Å². The number of thioether (sulfide) groups is 1. The van der Waals surface area contributed by atoms with Crippen LogP contribution in [0.15, 0.2) is 43.7 Å². The first kappa shape index (κ1) is 29.5. The van der Waals surface area contributed by atoms with Crippen molar-refractivity contribution < 1.29 is 9.90 Å². The van der Waals surface area contributed by atoms with Crippen molar-refractivity contribution in [1.82, 2.24) is 19.4 Å². The predicted molar refractivity (Wildman–Crippen MR) is 173 cm³/mol. The number of piperidine rings is 1. The first-order valence-electron chi connectivity index (χ1n) is 15.8. The van der Waals surface area contributed by atoms with Crippen LogP contribution < -0.4 is 16.6 Å². The molecule has 2 aromatic rings. The lowest BCUT2D eigenvalue weighted by atomic mass is 9.63. The fourth-order valence-electron chi connectivity index (χ4n) is 7.82. The molecule has 12 heteroatoms. The second-order valence-electron chi connectivity index (χ2n) is 13.4. The van der Waals surface area contributed by atoms with E-state index in [1.807, 2.05) is 13.1 Å². The van der Waals surface area contributed by atoms with Crippen molar-refractivity contribution in [3.05, 3.63) is 55.8 Å². The van der Waals surface area contributed by atoms with Gasteiger partial charge in [-0.05, 0) is 80.8 Å². The summed E-state index contributed by atoms with van der Waals surface area (Å²) in [6, 6.07) is 5.28. The van der Waals surface area contributed by atoms with Crippen molar-refractivity contribution in [3.8, 4) is 5.88 Å². The second kappa shape index (κ2) is 11.3. The minimum absolute atomic E-state index is 0.307. The summed E-state index contributed by atoms with van der Waals surface area (Å²) in [5, 5.41) is 14.2. The summed E-state index contributed by atoms with van der Waals surface area (Å²) in [6.07, 6.45) is 13.3. The molecule has 3 aliphatic heterocycles. The number of anilines is 1. The molecule has 2 aliphatic carbocycles. The summed E-state index contributed by atoms with van der Waals surface area (Å²) in [6.45, 7) is 3.19. The topological polar surface area (TPSA) is 129 Å². The van der Waals surface area contributed by atoms with Crippen LogP contribution in [0.25, 0.3) is 0 Å². The Balaban J connectivity index is 1.05. The highest BCUT2D eigenvalue weighted by Gasteiger charge is 2.52. The lowest BCUT2D eigenvalue weighted by molar-refractivity contribution is 0.0587. The van der Waals surface area contributed by atoms with Crippen LogP contribution in [-0.4, -0.2) is 62.9 Å². The molecule has 7 rings (SSSR count). The summed E-state index contributed by atoms with van der Waals surface area (Å²) < 4.78 is 1.47. The number of nitrogens with zero attached hydrogens (tertiary/aromatic N) is 5. The fourth-order valence-corrected chi connectivity index (χ4v) is 9.03. The lowest BCUT2D eigenvalue weighted by Crippen LogP contribution is -2.49. The standard InChI is InChI=1S/C32H40ClN7O3S/c1-38-18-23(39-16-13-32(14-17-39)10-5-9-31(19-32)11-12-31)36-26(34)30(38)44-21-7-4-6-20(25(21)33)35-27(41)24-28(42)37-22-8-2-3-15-40(22)29(24)43/h4,6-7,42H,2-3,5,8-19,34H2,1H3,(H,35,41). The number of halogens is 1. The number of carbonyl (C=O) groups is 1. The number of aromatic nitrogens is 2. The first-order valence-corrected chi connectivity index (χ1v) is 17.0. The van der Waals surface area contributed by atoms with Crippen molar-refractivity contribution >= 4 is 40.8 Å². The number of nitrogens with one attached hydrogen (secondary N) is 1. The molecular weight excluding hydrogens is 598 g/mol. The highest BCUT2D eigenvalue weighted by molar-refractivity contribution is 8.03. The molecule has 3 fully saturated rings. The molecule has 0 radical (unpaired) electrons. The van der Waals surface area contributed by atoms with Crippen LogP contribution in [0.3, 0.4) is 0 Å². The number of likely N-dealkylation sites (N-methyl/N-ethyl adjacent to an activating group) is 1. The van der Waals surface area contributed by atoms with Gasteiger partial charge in [-0.25, -0.2) is 4.99 Å². The number of hydrogen-bond acceptors (Lipinski definition) is 9. The van der Waals surface area contributed by atoms with E-state index in [1.165, 1.54) is 67.7 Å². The first-order chi connectivity index (χ1) is 21.2. The van der Waals surface area contributed by atoms with E-state index < -0.39 is 17.3 Å². The maximum atomic E-state index is 13.2. The molecule has 0 bridgehead atoms. The third-order valence-corrected chi connectivity index (χ3v) is 12.2. The predicted octanol–water partition coefficient (Wildman–Crippen LogP) is 5.15. The Kier molecular flexibility index (Phi) is 7.59. The molecule has 1 amide bonds. The van der Waals surface area contributed by atoms with Gasteiger partial charge in [0.2, 0.25) is 5.88 Å². The number of rotatable bonds is 4. The second-order valence-corrected chi connectivity index (χ2v) is 14.8. The van der Waals surface area contributed by atoms with Crippen molar-refractivity contribution in [2.24, 2.45) is 21.6 Å². The number of benzene rings is 1. The maximum Gasteiger partial charge on any atom is 0.270 e. The summed E-state index contributed by atoms with van der Waals surface area (Å²) in [5.41, 5.74) is 7.14. The van der Waals surface area contributed by atoms with Crippen molar-refractivity contribution in [2.45, 2.75) is 82.1 Å². The number of aromatic hydroxyl groups is 1. The summed E-state index contributed by atoms with van der Waals surface area (Å²) in [5.74, 6) is 0.638. The van der Waals surface area contributed by atoms with Crippen LogP contribution in [0.5, 0.6) is 5.88 Å². The Labute approximate surface area is 266 Å². The van der Waals surface area contributed by atoms with Crippen LogP contribution in [0.2, 0.25) is 5.02 Å². The number of amides is 1. The Morgan fingerprint density at radius 1 is 1.07 bits per heavy atom. The van der Waals surface area contributed by atoms with E-state index in [-0.39, 0.29) is 5.56 Å². The normalized spacial score (nSPS) is 22.2. The van der Waals surface area contributed by atoms with Gasteiger partial charge < -0.3 is 26.0 Å². The van der Waals surface area contributed by atoms with Gasteiger partial charge in [0.05, 0.1) is 17.3 Å². The minimum Gasteiger partial charge on any atom is -0.493 e. The van der Waals surface area contributed by atoms with Crippen molar-refractivity contribution in [2.75, 3.05) is 32.0 Å². The van der Waals surface area contributed by atoms with Crippen LogP contribution >= 0.6 is 23.4 Å². The van der Waals surface area contributed by atoms with Gasteiger partial charge in [-0.3, -0.25) is 14.2 Å². The SMILES string of the molecule is CN1CC(N2CCC3(CCCC4(CC4)C3)CC2)=NC(N)=C1Sc1cccc(NC(=O)c2c(O)nc3n(c2=O)CCCC3)c1Cl. The number of carbonyl (C=O) groups excluding carboxylic acids is 1. The number of nitrogens with two attached hydrogens (primary N) is 1. The number of hydrogen-bond donors (Lipinski definition) is 3. The molecule has 44 heavy (non-hydrogen) atoms. The Hall–Kier alpha value is -3.18. The van der Waals surface area contributed by atoms with E-state index >= 15 is 0 Å². The highest BCUT2D eigenvalue weighted by Crippen LogP contribution is 2.63. The van der Waals surface area contributed by atoms with Crippen molar-refractivity contribution in [1.29, 1.82) is 0 Å². The number of likely N-dealkylation sites (tertiary alicyclic amines) is 1. The molecule has 1 aromatic heterocycles. The van der Waals surface area contributed by atoms with Gasteiger partial charge in [-0.15, -0.1) is 0 Å². The van der Waals surface area contributed by atoms with E-state index in [0.717, 1.165) is 36.8 Å².